The van der Waals surface area contributed by atoms with E-state index in [1.165, 1.54) is 6.42 Å². The second-order valence-corrected chi connectivity index (χ2v) is 3.92. The summed E-state index contributed by atoms with van der Waals surface area (Å²) in [5.41, 5.74) is 0. The number of hydrogen-bond acceptors (Lipinski definition) is 4. The molecule has 0 aromatic carbocycles. The normalized spacial score (nSPS) is 10.3. The lowest BCUT2D eigenvalue weighted by molar-refractivity contribution is 0.674. The minimum Gasteiger partial charge on any atom is -0.380 e. The van der Waals surface area contributed by atoms with Gasteiger partial charge < -0.3 is 5.32 Å². The first kappa shape index (κ1) is 12.0. The van der Waals surface area contributed by atoms with E-state index in [2.05, 4.69) is 27.8 Å². The van der Waals surface area contributed by atoms with E-state index in [1.54, 1.807) is 4.68 Å². The molecule has 1 rings (SSSR count). The quantitative estimate of drug-likeness (QED) is 0.577. The van der Waals surface area contributed by atoms with E-state index < -0.39 is 0 Å². The van der Waals surface area contributed by atoms with Gasteiger partial charge in [0.1, 0.15) is 0 Å². The molecular formula is C9H17N5S. The Morgan fingerprint density at radius 1 is 1.53 bits per heavy atom. The summed E-state index contributed by atoms with van der Waals surface area (Å²) in [5.74, 6) is 0.870. The average Bonchev–Trinajstić information content (AvgIpc) is 2.61. The van der Waals surface area contributed by atoms with Gasteiger partial charge in [0.05, 0.1) is 4.99 Å². The molecule has 6 heteroatoms. The molecule has 0 amide bonds. The van der Waals surface area contributed by atoms with Crippen molar-refractivity contribution in [3.63, 3.8) is 0 Å². The van der Waals surface area contributed by atoms with E-state index in [9.17, 15) is 0 Å². The average molecular weight is 227 g/mol. The third-order valence-electron chi connectivity index (χ3n) is 2.14. The Kier molecular flexibility index (Phi) is 5.17. The van der Waals surface area contributed by atoms with Crippen LogP contribution in [0, 0.1) is 0 Å². The Bertz CT molecular complexity index is 309. The van der Waals surface area contributed by atoms with Crippen molar-refractivity contribution in [2.45, 2.75) is 32.6 Å². The van der Waals surface area contributed by atoms with Gasteiger partial charge in [-0.25, -0.2) is 4.68 Å². The Morgan fingerprint density at radius 3 is 2.93 bits per heavy atom. The Morgan fingerprint density at radius 2 is 2.33 bits per heavy atom. The second-order valence-electron chi connectivity index (χ2n) is 3.42. The summed E-state index contributed by atoms with van der Waals surface area (Å²) in [7, 11) is 1.84. The minimum absolute atomic E-state index is 0.793. The monoisotopic (exact) mass is 227 g/mol. The van der Waals surface area contributed by atoms with Crippen LogP contribution in [0.1, 0.15) is 32.0 Å². The fraction of sp³-hybridized carbons (Fsp3) is 0.778. The zero-order chi connectivity index (χ0) is 11.1. The van der Waals surface area contributed by atoms with Crippen LogP contribution in [0.4, 0.5) is 0 Å². The third-order valence-corrected chi connectivity index (χ3v) is 2.48. The molecule has 1 aromatic rings. The lowest BCUT2D eigenvalue weighted by Crippen LogP contribution is -2.23. The second kappa shape index (κ2) is 6.44. The summed E-state index contributed by atoms with van der Waals surface area (Å²) in [5, 5.41) is 14.5. The summed E-state index contributed by atoms with van der Waals surface area (Å²) in [6, 6.07) is 0. The molecule has 0 aliphatic rings. The van der Waals surface area contributed by atoms with Crippen molar-refractivity contribution < 1.29 is 0 Å². The molecule has 5 nitrogen and oxygen atoms in total. The van der Waals surface area contributed by atoms with Gasteiger partial charge in [-0.15, -0.1) is 5.10 Å². The molecule has 0 atom stereocenters. The van der Waals surface area contributed by atoms with Crippen LogP contribution in [0.5, 0.6) is 0 Å². The van der Waals surface area contributed by atoms with Crippen molar-refractivity contribution >= 4 is 17.2 Å². The Balaban J connectivity index is 2.20. The van der Waals surface area contributed by atoms with Crippen molar-refractivity contribution in [2.24, 2.45) is 7.05 Å². The maximum absolute atomic E-state index is 5.19. The number of hydrogen-bond donors (Lipinski definition) is 1. The molecule has 15 heavy (non-hydrogen) atoms. The van der Waals surface area contributed by atoms with Crippen LogP contribution in [0.15, 0.2) is 0 Å². The number of aromatic nitrogens is 4. The largest absolute Gasteiger partial charge is 0.380 e. The van der Waals surface area contributed by atoms with Crippen LogP contribution in [0.3, 0.4) is 0 Å². The van der Waals surface area contributed by atoms with E-state index >= 15 is 0 Å². The zero-order valence-corrected chi connectivity index (χ0v) is 10.0. The molecule has 0 radical (unpaired) electrons. The van der Waals surface area contributed by atoms with Gasteiger partial charge in [0.15, 0.2) is 5.82 Å². The first-order valence-corrected chi connectivity index (χ1v) is 5.62. The van der Waals surface area contributed by atoms with Crippen molar-refractivity contribution in [3.05, 3.63) is 5.82 Å². The van der Waals surface area contributed by atoms with Gasteiger partial charge in [-0.2, -0.15) is 0 Å². The van der Waals surface area contributed by atoms with E-state index in [0.29, 0.717) is 0 Å². The fourth-order valence-corrected chi connectivity index (χ4v) is 1.38. The summed E-state index contributed by atoms with van der Waals surface area (Å²) in [6.07, 6.45) is 3.95. The van der Waals surface area contributed by atoms with Gasteiger partial charge in [0.2, 0.25) is 0 Å². The zero-order valence-electron chi connectivity index (χ0n) is 9.23. The molecule has 0 bridgehead atoms. The standard InChI is InChI=1S/C9H17N5S/c1-3-4-7-10-9(15)6-5-8-11-12-13-14(8)2/h3-7H2,1-2H3,(H,10,15). The van der Waals surface area contributed by atoms with E-state index in [4.69, 9.17) is 12.2 Å². The molecule has 0 fully saturated rings. The molecular weight excluding hydrogens is 210 g/mol. The van der Waals surface area contributed by atoms with Crippen LogP contribution in [0.25, 0.3) is 0 Å². The van der Waals surface area contributed by atoms with Crippen molar-refractivity contribution in [2.75, 3.05) is 6.54 Å². The third kappa shape index (κ3) is 4.33. The van der Waals surface area contributed by atoms with Gasteiger partial charge in [-0.3, -0.25) is 0 Å². The smallest absolute Gasteiger partial charge is 0.151 e. The molecule has 0 aliphatic carbocycles. The number of nitrogens with one attached hydrogen (secondary N) is 1. The summed E-state index contributed by atoms with van der Waals surface area (Å²) < 4.78 is 1.68. The summed E-state index contributed by atoms with van der Waals surface area (Å²) in [4.78, 5) is 0.895. The van der Waals surface area contributed by atoms with Crippen molar-refractivity contribution in [3.8, 4) is 0 Å². The molecule has 1 N–H and O–H groups in total. The first-order chi connectivity index (χ1) is 7.24. The van der Waals surface area contributed by atoms with Crippen molar-refractivity contribution in [1.29, 1.82) is 0 Å². The van der Waals surface area contributed by atoms with E-state index in [0.717, 1.165) is 36.6 Å². The summed E-state index contributed by atoms with van der Waals surface area (Å²) in [6.45, 7) is 3.13. The topological polar surface area (TPSA) is 55.6 Å². The van der Waals surface area contributed by atoms with Crippen LogP contribution in [-0.4, -0.2) is 31.7 Å². The maximum atomic E-state index is 5.19. The predicted octanol–water partition coefficient (Wildman–Crippen LogP) is 0.860. The lowest BCUT2D eigenvalue weighted by Gasteiger charge is -2.05. The maximum Gasteiger partial charge on any atom is 0.151 e. The molecule has 0 aliphatic heterocycles. The fourth-order valence-electron chi connectivity index (χ4n) is 1.18. The van der Waals surface area contributed by atoms with Gasteiger partial charge in [0.25, 0.3) is 0 Å². The molecule has 0 spiro atoms. The highest BCUT2D eigenvalue weighted by Crippen LogP contribution is 1.96. The Hall–Kier alpha value is -1.04. The van der Waals surface area contributed by atoms with E-state index in [-0.39, 0.29) is 0 Å². The molecule has 0 saturated heterocycles. The highest BCUT2D eigenvalue weighted by Gasteiger charge is 2.03. The predicted molar refractivity (Wildman–Crippen MR) is 62.6 cm³/mol. The van der Waals surface area contributed by atoms with Gasteiger partial charge in [-0.1, -0.05) is 25.6 Å². The molecule has 84 valence electrons. The minimum atomic E-state index is 0.793. The van der Waals surface area contributed by atoms with Crippen LogP contribution in [0.2, 0.25) is 0 Å². The Labute approximate surface area is 95.2 Å². The first-order valence-electron chi connectivity index (χ1n) is 5.22. The van der Waals surface area contributed by atoms with Crippen LogP contribution < -0.4 is 5.32 Å². The number of nitrogens with zero attached hydrogens (tertiary/aromatic N) is 4. The van der Waals surface area contributed by atoms with Gasteiger partial charge >= 0.3 is 0 Å². The van der Waals surface area contributed by atoms with Crippen molar-refractivity contribution in [1.82, 2.24) is 25.5 Å². The number of aryl methyl sites for hydroxylation is 2. The lowest BCUT2D eigenvalue weighted by atomic mass is 10.3. The number of tetrazole rings is 1. The van der Waals surface area contributed by atoms with E-state index in [1.807, 2.05) is 7.05 Å². The van der Waals surface area contributed by atoms with Crippen LogP contribution in [-0.2, 0) is 13.5 Å². The van der Waals surface area contributed by atoms with Gasteiger partial charge in [-0.05, 0) is 16.8 Å². The molecule has 1 aromatic heterocycles. The molecule has 1 heterocycles. The molecule has 0 saturated carbocycles. The van der Waals surface area contributed by atoms with Gasteiger partial charge in [0, 0.05) is 26.4 Å². The molecule has 0 unspecified atom stereocenters. The number of unbranched alkanes of at least 4 members (excludes halogenated alkanes) is 1. The highest BCUT2D eigenvalue weighted by molar-refractivity contribution is 7.80. The van der Waals surface area contributed by atoms with Crippen LogP contribution >= 0.6 is 12.2 Å². The highest BCUT2D eigenvalue weighted by atomic mass is 32.1. The summed E-state index contributed by atoms with van der Waals surface area (Å²) >= 11 is 5.19. The number of thiocarbonyl (C=S) groups is 1. The number of rotatable bonds is 6. The SMILES string of the molecule is CCCCNC(=S)CCc1nnnn1C.